The number of ether oxygens (including phenoxy) is 1. The first-order chi connectivity index (χ1) is 15.8. The third kappa shape index (κ3) is 7.31. The fourth-order valence-corrected chi connectivity index (χ4v) is 3.61. The summed E-state index contributed by atoms with van der Waals surface area (Å²) in [4.78, 5) is 18.3. The van der Waals surface area contributed by atoms with E-state index in [1.165, 1.54) is 0 Å². The number of aromatic nitrogens is 2. The Morgan fingerprint density at radius 3 is 2.30 bits per heavy atom. The molecule has 0 bridgehead atoms. The number of nitrogens with zero attached hydrogens (tertiary/aromatic N) is 5. The monoisotopic (exact) mass is 558 g/mol. The van der Waals surface area contributed by atoms with Crippen molar-refractivity contribution in [2.24, 2.45) is 4.99 Å². The van der Waals surface area contributed by atoms with Crippen LogP contribution < -0.4 is 15.0 Å². The smallest absolute Gasteiger partial charge is 0.194 e. The summed E-state index contributed by atoms with van der Waals surface area (Å²) >= 11 is 0. The predicted octanol–water partition coefficient (Wildman–Crippen LogP) is 3.96. The zero-order chi connectivity index (χ0) is 22.0. The number of aliphatic imine (C=N–C) groups is 1. The second-order valence-electron chi connectivity index (χ2n) is 7.59. The highest BCUT2D eigenvalue weighted by molar-refractivity contribution is 14.0. The Hall–Kier alpha value is -2.88. The molecule has 3 heterocycles. The van der Waals surface area contributed by atoms with Crippen molar-refractivity contribution in [1.82, 2.24) is 20.2 Å². The largest absolute Gasteiger partial charge is 0.487 e. The van der Waals surface area contributed by atoms with Crippen molar-refractivity contribution in [1.29, 1.82) is 0 Å². The maximum absolute atomic E-state index is 5.82. The molecule has 0 amide bonds. The molecule has 0 spiro atoms. The van der Waals surface area contributed by atoms with Crippen LogP contribution in [-0.4, -0.2) is 53.6 Å². The fraction of sp³-hybridized carbons (Fsp3) is 0.320. The lowest BCUT2D eigenvalue weighted by atomic mass is 10.2. The molecule has 0 saturated carbocycles. The number of guanidine groups is 1. The molecule has 33 heavy (non-hydrogen) atoms. The summed E-state index contributed by atoms with van der Waals surface area (Å²) in [6.45, 7) is 7.75. The number of piperazine rings is 1. The highest BCUT2D eigenvalue weighted by Crippen LogP contribution is 2.15. The van der Waals surface area contributed by atoms with Crippen LogP contribution in [0.2, 0.25) is 0 Å². The second kappa shape index (κ2) is 13.0. The maximum Gasteiger partial charge on any atom is 0.194 e. The van der Waals surface area contributed by atoms with Gasteiger partial charge in [0.15, 0.2) is 5.96 Å². The van der Waals surface area contributed by atoms with Crippen molar-refractivity contribution in [3.63, 3.8) is 0 Å². The minimum Gasteiger partial charge on any atom is -0.487 e. The third-order valence-corrected chi connectivity index (χ3v) is 5.33. The van der Waals surface area contributed by atoms with E-state index in [2.05, 4.69) is 50.2 Å². The van der Waals surface area contributed by atoms with Gasteiger partial charge in [0.2, 0.25) is 0 Å². The van der Waals surface area contributed by atoms with Gasteiger partial charge in [0.1, 0.15) is 18.2 Å². The van der Waals surface area contributed by atoms with Crippen molar-refractivity contribution in [2.45, 2.75) is 20.1 Å². The Morgan fingerprint density at radius 1 is 0.939 bits per heavy atom. The summed E-state index contributed by atoms with van der Waals surface area (Å²) in [5.41, 5.74) is 2.07. The number of hydrogen-bond acceptors (Lipinski definition) is 5. The van der Waals surface area contributed by atoms with Crippen LogP contribution in [0.15, 0.2) is 78.0 Å². The molecule has 1 aromatic carbocycles. The number of anilines is 1. The average molecular weight is 558 g/mol. The Morgan fingerprint density at radius 2 is 1.67 bits per heavy atom. The summed E-state index contributed by atoms with van der Waals surface area (Å²) in [6, 6.07) is 20.0. The van der Waals surface area contributed by atoms with Crippen LogP contribution in [0.4, 0.5) is 5.82 Å². The lowest BCUT2D eigenvalue weighted by Crippen LogP contribution is -2.52. The van der Waals surface area contributed by atoms with Gasteiger partial charge in [-0.15, -0.1) is 24.0 Å². The number of rotatable bonds is 7. The fourth-order valence-electron chi connectivity index (χ4n) is 3.61. The van der Waals surface area contributed by atoms with Crippen molar-refractivity contribution in [2.75, 3.05) is 37.6 Å². The maximum atomic E-state index is 5.82. The summed E-state index contributed by atoms with van der Waals surface area (Å²) in [5.74, 6) is 2.84. The molecule has 2 aromatic heterocycles. The molecule has 0 aliphatic carbocycles. The van der Waals surface area contributed by atoms with Gasteiger partial charge in [-0.05, 0) is 48.9 Å². The van der Waals surface area contributed by atoms with E-state index >= 15 is 0 Å². The molecule has 0 radical (unpaired) electrons. The minimum absolute atomic E-state index is 0. The van der Waals surface area contributed by atoms with Gasteiger partial charge in [-0.2, -0.15) is 0 Å². The zero-order valence-corrected chi connectivity index (χ0v) is 21.3. The van der Waals surface area contributed by atoms with E-state index < -0.39 is 0 Å². The standard InChI is InChI=1S/C25H30N6O.HI/c1-2-26-25(31-17-15-30(16-18-31)24-8-4-6-14-28-24)29-19-21-9-11-23(12-10-21)32-20-22-7-3-5-13-27-22;/h3-14H,2,15-20H2,1H3,(H,26,29);1H. The molecule has 1 N–H and O–H groups in total. The topological polar surface area (TPSA) is 65.9 Å². The highest BCUT2D eigenvalue weighted by atomic mass is 127. The average Bonchev–Trinajstić information content (AvgIpc) is 2.87. The summed E-state index contributed by atoms with van der Waals surface area (Å²) in [7, 11) is 0. The third-order valence-electron chi connectivity index (χ3n) is 5.33. The predicted molar refractivity (Wildman–Crippen MR) is 143 cm³/mol. The van der Waals surface area contributed by atoms with E-state index in [1.54, 1.807) is 6.20 Å². The molecule has 174 valence electrons. The van der Waals surface area contributed by atoms with Crippen LogP contribution in [0.5, 0.6) is 5.75 Å². The van der Waals surface area contributed by atoms with Crippen molar-refractivity contribution < 1.29 is 4.74 Å². The Labute approximate surface area is 212 Å². The van der Waals surface area contributed by atoms with Gasteiger partial charge in [0.25, 0.3) is 0 Å². The van der Waals surface area contributed by atoms with Crippen molar-refractivity contribution >= 4 is 35.8 Å². The highest BCUT2D eigenvalue weighted by Gasteiger charge is 2.20. The van der Waals surface area contributed by atoms with E-state index in [9.17, 15) is 0 Å². The zero-order valence-electron chi connectivity index (χ0n) is 18.9. The molecule has 7 nitrogen and oxygen atoms in total. The quantitative estimate of drug-likeness (QED) is 0.269. The number of hydrogen-bond donors (Lipinski definition) is 1. The van der Waals surface area contributed by atoms with Crippen LogP contribution in [0.25, 0.3) is 0 Å². The van der Waals surface area contributed by atoms with Gasteiger partial charge in [0.05, 0.1) is 12.2 Å². The number of pyridine rings is 2. The molecule has 1 fully saturated rings. The molecular weight excluding hydrogens is 527 g/mol. The molecule has 1 saturated heterocycles. The first kappa shape index (κ1) is 24.8. The number of benzene rings is 1. The summed E-state index contributed by atoms with van der Waals surface area (Å²) < 4.78 is 5.82. The molecule has 1 aliphatic rings. The first-order valence-corrected chi connectivity index (χ1v) is 11.1. The summed E-state index contributed by atoms with van der Waals surface area (Å²) in [6.07, 6.45) is 3.63. The van der Waals surface area contributed by atoms with E-state index in [-0.39, 0.29) is 24.0 Å². The molecular formula is C25H31IN6O. The van der Waals surface area contributed by atoms with Gasteiger partial charge in [-0.1, -0.05) is 24.3 Å². The van der Waals surface area contributed by atoms with E-state index in [0.29, 0.717) is 13.2 Å². The second-order valence-corrected chi connectivity index (χ2v) is 7.59. The normalized spacial score (nSPS) is 13.9. The van der Waals surface area contributed by atoms with Crippen LogP contribution in [0.3, 0.4) is 0 Å². The van der Waals surface area contributed by atoms with Crippen LogP contribution in [0, 0.1) is 0 Å². The van der Waals surface area contributed by atoms with Crippen molar-refractivity contribution in [3.8, 4) is 5.75 Å². The van der Waals surface area contributed by atoms with Gasteiger partial charge < -0.3 is 19.9 Å². The van der Waals surface area contributed by atoms with Gasteiger partial charge in [-0.3, -0.25) is 4.98 Å². The molecule has 4 rings (SSSR count). The Balaban J connectivity index is 0.00000306. The first-order valence-electron chi connectivity index (χ1n) is 11.1. The minimum atomic E-state index is 0. The van der Waals surface area contributed by atoms with Crippen LogP contribution in [-0.2, 0) is 13.2 Å². The number of halogens is 1. The lowest BCUT2D eigenvalue weighted by Gasteiger charge is -2.37. The molecule has 0 unspecified atom stereocenters. The van der Waals surface area contributed by atoms with Crippen LogP contribution >= 0.6 is 24.0 Å². The molecule has 8 heteroatoms. The van der Waals surface area contributed by atoms with Gasteiger partial charge in [0, 0.05) is 45.1 Å². The Bertz CT molecular complexity index is 977. The molecule has 3 aromatic rings. The van der Waals surface area contributed by atoms with Gasteiger partial charge in [-0.25, -0.2) is 9.98 Å². The number of nitrogens with one attached hydrogen (secondary N) is 1. The van der Waals surface area contributed by atoms with Crippen LogP contribution in [0.1, 0.15) is 18.2 Å². The SMILES string of the molecule is CCNC(=NCc1ccc(OCc2ccccn2)cc1)N1CCN(c2ccccn2)CC1.I. The van der Waals surface area contributed by atoms with Gasteiger partial charge >= 0.3 is 0 Å². The molecule has 0 atom stereocenters. The summed E-state index contributed by atoms with van der Waals surface area (Å²) in [5, 5.41) is 3.44. The van der Waals surface area contributed by atoms with E-state index in [1.807, 2.05) is 48.7 Å². The lowest BCUT2D eigenvalue weighted by molar-refractivity contribution is 0.301. The Kier molecular flexibility index (Phi) is 9.74. The van der Waals surface area contributed by atoms with Crippen molar-refractivity contribution in [3.05, 3.63) is 84.3 Å². The van der Waals surface area contributed by atoms with E-state index in [4.69, 9.17) is 9.73 Å². The van der Waals surface area contributed by atoms with E-state index in [0.717, 1.165) is 61.5 Å². The molecule has 1 aliphatic heterocycles.